The second-order valence-corrected chi connectivity index (χ2v) is 3.15. The zero-order valence-electron chi connectivity index (χ0n) is 7.35. The number of rotatable bonds is 4. The summed E-state index contributed by atoms with van der Waals surface area (Å²) in [5, 5.41) is 0. The predicted molar refractivity (Wildman–Crippen MR) is 48.0 cm³/mol. The Kier molecular flexibility index (Phi) is 5.00. The van der Waals surface area contributed by atoms with Crippen LogP contribution in [0.15, 0.2) is 24.3 Å². The lowest BCUT2D eigenvalue weighted by atomic mass is 10.0. The van der Waals surface area contributed by atoms with Crippen molar-refractivity contribution in [1.82, 2.24) is 0 Å². The van der Waals surface area contributed by atoms with E-state index < -0.39 is 0 Å². The Morgan fingerprint density at radius 3 is 2.40 bits per heavy atom. The van der Waals surface area contributed by atoms with Crippen LogP contribution in [0.25, 0.3) is 0 Å². The Bertz CT molecular complexity index is 116. The first kappa shape index (κ1) is 9.48. The van der Waals surface area contributed by atoms with E-state index in [-0.39, 0.29) is 0 Å². The summed E-state index contributed by atoms with van der Waals surface area (Å²) in [7, 11) is 0. The van der Waals surface area contributed by atoms with Crippen molar-refractivity contribution in [1.29, 1.82) is 0 Å². The van der Waals surface area contributed by atoms with Crippen LogP contribution in [0.4, 0.5) is 0 Å². The minimum absolute atomic E-state index is 0.757. The zero-order chi connectivity index (χ0) is 7.98. The highest BCUT2D eigenvalue weighted by atomic mass is 14.0. The van der Waals surface area contributed by atoms with Gasteiger partial charge in [0, 0.05) is 0 Å². The van der Waals surface area contributed by atoms with Crippen LogP contribution in [0.2, 0.25) is 0 Å². The smallest absolute Gasteiger partial charge is 0.0319 e. The molecule has 0 aliphatic rings. The first-order valence-corrected chi connectivity index (χ1v) is 3.91. The standard InChI is InChI=1S/C10H18/c1-5-6-10(4)8-7-9(2)3/h5,7,10H,1,6,8H2,2-4H3/t10-/m1/s1. The van der Waals surface area contributed by atoms with Gasteiger partial charge in [-0.25, -0.2) is 0 Å². The SMILES string of the molecule is C=CC[C@@H](C)CC=C(C)C. The van der Waals surface area contributed by atoms with Crippen molar-refractivity contribution in [2.45, 2.75) is 33.6 Å². The van der Waals surface area contributed by atoms with Crippen molar-refractivity contribution in [3.63, 3.8) is 0 Å². The third-order valence-electron chi connectivity index (χ3n) is 1.50. The second kappa shape index (κ2) is 5.28. The van der Waals surface area contributed by atoms with Crippen molar-refractivity contribution >= 4 is 0 Å². The van der Waals surface area contributed by atoms with Crippen molar-refractivity contribution in [2.24, 2.45) is 5.92 Å². The highest BCUT2D eigenvalue weighted by Gasteiger charge is 1.94. The molecule has 0 saturated carbocycles. The Hall–Kier alpha value is -0.520. The molecular weight excluding hydrogens is 120 g/mol. The topological polar surface area (TPSA) is 0 Å². The van der Waals surface area contributed by atoms with Gasteiger partial charge in [0.05, 0.1) is 0 Å². The molecule has 0 aromatic carbocycles. The predicted octanol–water partition coefficient (Wildman–Crippen LogP) is 3.55. The van der Waals surface area contributed by atoms with Gasteiger partial charge in [-0.15, -0.1) is 6.58 Å². The average Bonchev–Trinajstić information content (AvgIpc) is 1.85. The minimum atomic E-state index is 0.757. The fraction of sp³-hybridized carbons (Fsp3) is 0.600. The first-order chi connectivity index (χ1) is 4.66. The van der Waals surface area contributed by atoms with Crippen LogP contribution in [0.5, 0.6) is 0 Å². The first-order valence-electron chi connectivity index (χ1n) is 3.91. The molecule has 0 heteroatoms. The maximum Gasteiger partial charge on any atom is -0.0319 e. The molecular formula is C10H18. The van der Waals surface area contributed by atoms with E-state index in [1.54, 1.807) is 0 Å². The second-order valence-electron chi connectivity index (χ2n) is 3.15. The Balaban J connectivity index is 3.48. The van der Waals surface area contributed by atoms with E-state index in [1.807, 2.05) is 6.08 Å². The maximum atomic E-state index is 3.71. The molecule has 0 nitrogen and oxygen atoms in total. The largest absolute Gasteiger partial charge is 0.103 e. The third-order valence-corrected chi connectivity index (χ3v) is 1.50. The molecule has 0 N–H and O–H groups in total. The van der Waals surface area contributed by atoms with Gasteiger partial charge in [-0.05, 0) is 32.6 Å². The van der Waals surface area contributed by atoms with E-state index in [2.05, 4.69) is 33.4 Å². The Morgan fingerprint density at radius 2 is 2.00 bits per heavy atom. The van der Waals surface area contributed by atoms with E-state index in [4.69, 9.17) is 0 Å². The molecule has 0 fully saturated rings. The molecule has 0 aromatic heterocycles. The normalized spacial score (nSPS) is 12.3. The Morgan fingerprint density at radius 1 is 1.40 bits per heavy atom. The molecule has 0 heterocycles. The quantitative estimate of drug-likeness (QED) is 0.521. The summed E-state index contributed by atoms with van der Waals surface area (Å²) in [5.74, 6) is 0.757. The summed E-state index contributed by atoms with van der Waals surface area (Å²) in [5.41, 5.74) is 1.41. The van der Waals surface area contributed by atoms with Gasteiger partial charge >= 0.3 is 0 Å². The van der Waals surface area contributed by atoms with Crippen LogP contribution >= 0.6 is 0 Å². The zero-order valence-corrected chi connectivity index (χ0v) is 7.35. The number of hydrogen-bond acceptors (Lipinski definition) is 0. The Labute approximate surface area is 64.6 Å². The molecule has 0 radical (unpaired) electrons. The van der Waals surface area contributed by atoms with Crippen LogP contribution in [0.3, 0.4) is 0 Å². The molecule has 0 aromatic rings. The minimum Gasteiger partial charge on any atom is -0.103 e. The summed E-state index contributed by atoms with van der Waals surface area (Å²) in [6.07, 6.45) is 6.59. The molecule has 1 atom stereocenters. The van der Waals surface area contributed by atoms with Crippen LogP contribution in [-0.4, -0.2) is 0 Å². The highest BCUT2D eigenvalue weighted by Crippen LogP contribution is 2.09. The van der Waals surface area contributed by atoms with E-state index in [9.17, 15) is 0 Å². The molecule has 0 amide bonds. The third kappa shape index (κ3) is 5.61. The van der Waals surface area contributed by atoms with Crippen molar-refractivity contribution < 1.29 is 0 Å². The fourth-order valence-corrected chi connectivity index (χ4v) is 0.818. The van der Waals surface area contributed by atoms with E-state index in [1.165, 1.54) is 12.0 Å². The summed E-state index contributed by atoms with van der Waals surface area (Å²) in [4.78, 5) is 0. The summed E-state index contributed by atoms with van der Waals surface area (Å²) in [6.45, 7) is 10.2. The van der Waals surface area contributed by atoms with Crippen LogP contribution in [0.1, 0.15) is 33.6 Å². The summed E-state index contributed by atoms with van der Waals surface area (Å²) in [6, 6.07) is 0. The van der Waals surface area contributed by atoms with Crippen molar-refractivity contribution in [2.75, 3.05) is 0 Å². The van der Waals surface area contributed by atoms with Gasteiger partial charge in [0.25, 0.3) is 0 Å². The molecule has 58 valence electrons. The van der Waals surface area contributed by atoms with Gasteiger partial charge in [0.15, 0.2) is 0 Å². The fourth-order valence-electron chi connectivity index (χ4n) is 0.818. The summed E-state index contributed by atoms with van der Waals surface area (Å²) < 4.78 is 0. The molecule has 0 spiro atoms. The van der Waals surface area contributed by atoms with Gasteiger partial charge in [-0.2, -0.15) is 0 Å². The molecule has 10 heavy (non-hydrogen) atoms. The molecule has 0 saturated heterocycles. The van der Waals surface area contributed by atoms with Gasteiger partial charge in [-0.1, -0.05) is 24.6 Å². The lowest BCUT2D eigenvalue weighted by Crippen LogP contribution is -1.89. The van der Waals surface area contributed by atoms with Gasteiger partial charge in [0.1, 0.15) is 0 Å². The van der Waals surface area contributed by atoms with Crippen molar-refractivity contribution in [3.8, 4) is 0 Å². The van der Waals surface area contributed by atoms with Gasteiger partial charge in [0.2, 0.25) is 0 Å². The summed E-state index contributed by atoms with van der Waals surface area (Å²) >= 11 is 0. The maximum absolute atomic E-state index is 3.71. The van der Waals surface area contributed by atoms with Gasteiger partial charge < -0.3 is 0 Å². The highest BCUT2D eigenvalue weighted by molar-refractivity contribution is 4.94. The van der Waals surface area contributed by atoms with Gasteiger partial charge in [-0.3, -0.25) is 0 Å². The lowest BCUT2D eigenvalue weighted by molar-refractivity contribution is 0.602. The number of allylic oxidation sites excluding steroid dienone is 3. The molecule has 0 unspecified atom stereocenters. The molecule has 0 aliphatic carbocycles. The van der Waals surface area contributed by atoms with Crippen LogP contribution < -0.4 is 0 Å². The molecule has 0 rings (SSSR count). The average molecular weight is 138 g/mol. The van der Waals surface area contributed by atoms with E-state index >= 15 is 0 Å². The van der Waals surface area contributed by atoms with Crippen LogP contribution in [-0.2, 0) is 0 Å². The number of hydrogen-bond donors (Lipinski definition) is 0. The lowest BCUT2D eigenvalue weighted by Gasteiger charge is -2.03. The molecule has 0 bridgehead atoms. The molecule has 0 aliphatic heterocycles. The van der Waals surface area contributed by atoms with E-state index in [0.717, 1.165) is 12.3 Å². The van der Waals surface area contributed by atoms with Crippen LogP contribution in [0, 0.1) is 5.92 Å². The monoisotopic (exact) mass is 138 g/mol. The van der Waals surface area contributed by atoms with E-state index in [0.29, 0.717) is 0 Å². The van der Waals surface area contributed by atoms with Crippen molar-refractivity contribution in [3.05, 3.63) is 24.3 Å².